The van der Waals surface area contributed by atoms with Crippen molar-refractivity contribution in [2.24, 2.45) is 21.5 Å². The first-order valence-corrected chi connectivity index (χ1v) is 20.2. The lowest BCUT2D eigenvalue weighted by Gasteiger charge is -2.40. The van der Waals surface area contributed by atoms with Gasteiger partial charge in [-0.3, -0.25) is 29.5 Å². The van der Waals surface area contributed by atoms with Gasteiger partial charge in [0.15, 0.2) is 10.3 Å². The third-order valence-corrected chi connectivity index (χ3v) is 12.2. The summed E-state index contributed by atoms with van der Waals surface area (Å²) in [6.07, 6.45) is 5.36. The van der Waals surface area contributed by atoms with Crippen LogP contribution < -0.4 is 16.8 Å². The number of amidine groups is 2. The zero-order chi connectivity index (χ0) is 45.6. The Labute approximate surface area is 364 Å². The number of carbonyl (C=O) groups is 2. The Bertz CT molecular complexity index is 2430. The summed E-state index contributed by atoms with van der Waals surface area (Å²) in [6, 6.07) is 14.0. The van der Waals surface area contributed by atoms with Gasteiger partial charge in [-0.15, -0.1) is 0 Å². The third-order valence-electron chi connectivity index (χ3n) is 10.0. The predicted molar refractivity (Wildman–Crippen MR) is 237 cm³/mol. The van der Waals surface area contributed by atoms with Crippen molar-refractivity contribution in [3.8, 4) is 0 Å². The van der Waals surface area contributed by atoms with Crippen LogP contribution >= 0.6 is 23.5 Å². The second kappa shape index (κ2) is 18.6. The quantitative estimate of drug-likeness (QED) is 0.0888. The van der Waals surface area contributed by atoms with Gasteiger partial charge < -0.3 is 21.5 Å². The first kappa shape index (κ1) is 46.6. The maximum absolute atomic E-state index is 14.8. The van der Waals surface area contributed by atoms with E-state index in [2.05, 4.69) is 35.0 Å². The molecule has 4 aromatic rings. The molecule has 0 saturated carbocycles. The number of amides is 1. The summed E-state index contributed by atoms with van der Waals surface area (Å²) in [4.78, 5) is 47.9. The van der Waals surface area contributed by atoms with Crippen LogP contribution in [0.2, 0.25) is 0 Å². The lowest BCUT2D eigenvalue weighted by atomic mass is 9.82. The van der Waals surface area contributed by atoms with Crippen molar-refractivity contribution in [2.45, 2.75) is 61.1 Å². The highest BCUT2D eigenvalue weighted by molar-refractivity contribution is 8.15. The third kappa shape index (κ3) is 10.3. The number of nitrogens with two attached hydrogens (primary N) is 2. The van der Waals surface area contributed by atoms with Gasteiger partial charge in [0.1, 0.15) is 32.8 Å². The maximum Gasteiger partial charge on any atom is 0.322 e. The predicted octanol–water partition coefficient (Wildman–Crippen LogP) is 9.25. The zero-order valence-electron chi connectivity index (χ0n) is 34.4. The van der Waals surface area contributed by atoms with Crippen LogP contribution in [0.3, 0.4) is 0 Å². The number of pyridine rings is 2. The number of nitrogens with zero attached hydrogens (tertiary/aromatic N) is 6. The van der Waals surface area contributed by atoms with E-state index in [1.165, 1.54) is 99.4 Å². The van der Waals surface area contributed by atoms with Gasteiger partial charge in [-0.1, -0.05) is 47.8 Å². The minimum absolute atomic E-state index is 0.0547. The number of esters is 1. The molecule has 2 aromatic carbocycles. The van der Waals surface area contributed by atoms with Crippen molar-refractivity contribution in [3.63, 3.8) is 0 Å². The topological polar surface area (TPSA) is 167 Å². The standard InChI is InChI=1S/C22H21F2N5OS.C22H20F2N4O2S/c1-21(12-22(2,19(30)27-4)31-20(25)29-21)15-9-13(5-7-16(15)23)10-17(24)18-8-6-14(26-3)11-28-18;1-21(12-22(2,19(29)30-4)31-20(25)28-21)15-9-13(5-7-16(15)23)10-17(24)18-8-6-14(26-3)11-27-18/h5-11H,12H2,1-2,4H3,(H2,25,29)(H,27,30);5-11H,12H2,1-2,4H3,(H2,25,28)/b2*17-10-/t2*21-,22-/m00/s1. The molecule has 6 rings (SSSR count). The van der Waals surface area contributed by atoms with Crippen molar-refractivity contribution >= 4 is 80.9 Å². The van der Waals surface area contributed by atoms with Crippen LogP contribution in [0.4, 0.5) is 28.9 Å². The molecule has 4 heterocycles. The maximum atomic E-state index is 14.8. The molecule has 4 atom stereocenters. The van der Waals surface area contributed by atoms with E-state index in [4.69, 9.17) is 29.3 Å². The van der Waals surface area contributed by atoms with E-state index in [1.807, 2.05) is 0 Å². The number of hydrogen-bond acceptors (Lipinski definition) is 11. The molecule has 0 unspecified atom stereocenters. The molecule has 1 amide bonds. The molecule has 2 aliphatic heterocycles. The summed E-state index contributed by atoms with van der Waals surface area (Å²) >= 11 is 2.20. The Hall–Kier alpha value is -6.50. The van der Waals surface area contributed by atoms with Gasteiger partial charge in [-0.2, -0.15) is 0 Å². The Morgan fingerprint density at radius 3 is 1.53 bits per heavy atom. The molecular formula is C44H41F4N9O3S2. The van der Waals surface area contributed by atoms with Gasteiger partial charge >= 0.3 is 5.97 Å². The second-order valence-corrected chi connectivity index (χ2v) is 18.1. The smallest absolute Gasteiger partial charge is 0.322 e. The number of aromatic nitrogens is 2. The number of aliphatic imine (C=N–C) groups is 2. The van der Waals surface area contributed by atoms with Crippen LogP contribution in [-0.4, -0.2) is 55.8 Å². The molecule has 2 aliphatic rings. The number of rotatable bonds is 8. The van der Waals surface area contributed by atoms with Crippen molar-refractivity contribution in [1.82, 2.24) is 15.3 Å². The van der Waals surface area contributed by atoms with Crippen LogP contribution in [0, 0.1) is 24.8 Å². The van der Waals surface area contributed by atoms with Crippen molar-refractivity contribution in [3.05, 3.63) is 141 Å². The zero-order valence-corrected chi connectivity index (χ0v) is 36.0. The Morgan fingerprint density at radius 1 is 0.742 bits per heavy atom. The number of carbonyl (C=O) groups excluding carboxylic acids is 2. The fraction of sp³-hybridized carbons (Fsp3) is 0.273. The summed E-state index contributed by atoms with van der Waals surface area (Å²) in [7, 11) is 2.81. The van der Waals surface area contributed by atoms with E-state index >= 15 is 0 Å². The van der Waals surface area contributed by atoms with Crippen LogP contribution in [-0.2, 0) is 25.4 Å². The molecule has 2 aromatic heterocycles. The number of methoxy groups -OCH3 is 1. The fourth-order valence-electron chi connectivity index (χ4n) is 7.21. The van der Waals surface area contributed by atoms with Gasteiger partial charge in [0.05, 0.1) is 42.7 Å². The largest absolute Gasteiger partial charge is 0.468 e. The number of ether oxygens (including phenoxy) is 1. The van der Waals surface area contributed by atoms with E-state index < -0.39 is 49.8 Å². The Morgan fingerprint density at radius 2 is 1.16 bits per heavy atom. The molecule has 12 nitrogen and oxygen atoms in total. The molecule has 0 aliphatic carbocycles. The highest BCUT2D eigenvalue weighted by Gasteiger charge is 2.49. The average Bonchev–Trinajstić information content (AvgIpc) is 3.23. The van der Waals surface area contributed by atoms with Gasteiger partial charge in [-0.05, 0) is 87.4 Å². The van der Waals surface area contributed by atoms with E-state index in [0.29, 0.717) is 22.5 Å². The first-order chi connectivity index (χ1) is 29.2. The van der Waals surface area contributed by atoms with Crippen LogP contribution in [0.5, 0.6) is 0 Å². The lowest BCUT2D eigenvalue weighted by molar-refractivity contribution is -0.143. The van der Waals surface area contributed by atoms with Gasteiger partial charge in [-0.25, -0.2) is 27.3 Å². The molecule has 62 heavy (non-hydrogen) atoms. The first-order valence-electron chi connectivity index (χ1n) is 18.6. The van der Waals surface area contributed by atoms with Crippen LogP contribution in [0.25, 0.3) is 33.5 Å². The number of halogens is 4. The van der Waals surface area contributed by atoms with Gasteiger partial charge in [0.2, 0.25) is 17.3 Å². The normalized spacial score (nSPS) is 23.6. The molecule has 0 spiro atoms. The van der Waals surface area contributed by atoms with E-state index in [0.717, 1.165) is 23.5 Å². The molecule has 18 heteroatoms. The highest BCUT2D eigenvalue weighted by atomic mass is 32.2. The number of hydrogen-bond donors (Lipinski definition) is 3. The fourth-order valence-corrected chi connectivity index (χ4v) is 9.69. The molecule has 0 saturated heterocycles. The number of benzene rings is 2. The molecule has 0 bridgehead atoms. The summed E-state index contributed by atoms with van der Waals surface area (Å²) < 4.78 is 61.9. The second-order valence-electron chi connectivity index (χ2n) is 15.0. The van der Waals surface area contributed by atoms with Crippen molar-refractivity contribution in [2.75, 3.05) is 14.2 Å². The average molecular weight is 884 g/mol. The minimum Gasteiger partial charge on any atom is -0.468 e. The Kier molecular flexibility index (Phi) is 14.0. The van der Waals surface area contributed by atoms with E-state index in [1.54, 1.807) is 27.7 Å². The van der Waals surface area contributed by atoms with E-state index in [-0.39, 0.29) is 51.6 Å². The summed E-state index contributed by atoms with van der Waals surface area (Å²) in [5.74, 6) is -3.06. The molecule has 0 fully saturated rings. The monoisotopic (exact) mass is 883 g/mol. The van der Waals surface area contributed by atoms with Crippen LogP contribution in [0.1, 0.15) is 74.2 Å². The molecule has 320 valence electrons. The number of nitrogens with one attached hydrogen (secondary N) is 1. The SMILES string of the molecule is [C-]#[N+]c1ccc(/C(F)=C/c2ccc(F)c([C@]3(C)C[C@@](C)(C(=O)NC)SC(N)=N3)c2)nc1.[C-]#[N+]c1ccc(/C(F)=C/c2ccc(F)c([C@]3(C)C[C@@](C)(C(=O)OC)SC(N)=N3)c2)nc1. The molecular weight excluding hydrogens is 843 g/mol. The summed E-state index contributed by atoms with van der Waals surface area (Å²) in [5.41, 5.74) is 11.6. The summed E-state index contributed by atoms with van der Waals surface area (Å²) in [6.45, 7) is 20.6. The van der Waals surface area contributed by atoms with Gasteiger partial charge in [0, 0.05) is 43.4 Å². The van der Waals surface area contributed by atoms with Crippen molar-refractivity contribution < 1.29 is 31.9 Å². The Balaban J connectivity index is 0.000000234. The van der Waals surface area contributed by atoms with Crippen LogP contribution in [0.15, 0.2) is 83.0 Å². The van der Waals surface area contributed by atoms with Gasteiger partial charge in [0.25, 0.3) is 0 Å². The minimum atomic E-state index is -1.15. The van der Waals surface area contributed by atoms with E-state index in [9.17, 15) is 27.2 Å². The lowest BCUT2D eigenvalue weighted by Crippen LogP contribution is -2.49. The highest BCUT2D eigenvalue weighted by Crippen LogP contribution is 2.48. The molecule has 5 N–H and O–H groups in total. The van der Waals surface area contributed by atoms with Crippen molar-refractivity contribution in [1.29, 1.82) is 0 Å². The molecule has 0 radical (unpaired) electrons. The number of thioether (sulfide) groups is 2. The summed E-state index contributed by atoms with van der Waals surface area (Å²) in [5, 5.41) is 2.93.